The molecule has 1 aromatic carbocycles. The van der Waals surface area contributed by atoms with Crippen LogP contribution in [-0.4, -0.2) is 5.16 Å². The molecule has 1 aliphatic rings. The van der Waals surface area contributed by atoms with Crippen molar-refractivity contribution in [1.29, 1.82) is 0 Å². The molecule has 94 valence electrons. The highest BCUT2D eigenvalue weighted by Gasteiger charge is 2.36. The van der Waals surface area contributed by atoms with Gasteiger partial charge >= 0.3 is 0 Å². The molecule has 0 aliphatic heterocycles. The Bertz CT molecular complexity index is 539. The van der Waals surface area contributed by atoms with Crippen LogP contribution in [0.3, 0.4) is 0 Å². The van der Waals surface area contributed by atoms with E-state index in [-0.39, 0.29) is 5.41 Å². The maximum Gasteiger partial charge on any atom is 0.230 e. The van der Waals surface area contributed by atoms with Crippen molar-refractivity contribution in [3.8, 4) is 11.1 Å². The van der Waals surface area contributed by atoms with Gasteiger partial charge in [0.1, 0.15) is 0 Å². The minimum absolute atomic E-state index is 0.117. The molecular formula is C15H18N2O. The topological polar surface area (TPSA) is 52.0 Å². The molecule has 0 atom stereocenters. The number of nitrogens with zero attached hydrogens (tertiary/aromatic N) is 1. The standard InChI is InChI=1S/C15H18N2O/c1-15(9-5-6-10-15)13-12(14(16)18-17-13)11-7-3-2-4-8-11/h2-4,7-8H,5-6,9-10,16H2,1H3. The van der Waals surface area contributed by atoms with Crippen molar-refractivity contribution >= 4 is 5.88 Å². The molecule has 18 heavy (non-hydrogen) atoms. The Balaban J connectivity index is 2.12. The maximum absolute atomic E-state index is 5.97. The summed E-state index contributed by atoms with van der Waals surface area (Å²) in [7, 11) is 0. The Kier molecular flexibility index (Phi) is 2.62. The summed E-state index contributed by atoms with van der Waals surface area (Å²) in [6.45, 7) is 2.27. The molecule has 3 rings (SSSR count). The zero-order valence-electron chi connectivity index (χ0n) is 10.6. The molecule has 0 radical (unpaired) electrons. The van der Waals surface area contributed by atoms with Crippen molar-refractivity contribution in [3.05, 3.63) is 36.0 Å². The first kappa shape index (κ1) is 11.3. The molecule has 3 nitrogen and oxygen atoms in total. The summed E-state index contributed by atoms with van der Waals surface area (Å²) in [6, 6.07) is 10.2. The molecule has 0 amide bonds. The molecule has 3 heteroatoms. The van der Waals surface area contributed by atoms with Gasteiger partial charge < -0.3 is 10.3 Å². The van der Waals surface area contributed by atoms with Gasteiger partial charge in [0.05, 0.1) is 11.3 Å². The van der Waals surface area contributed by atoms with Crippen LogP contribution in [0.15, 0.2) is 34.9 Å². The summed E-state index contributed by atoms with van der Waals surface area (Å²) in [4.78, 5) is 0. The van der Waals surface area contributed by atoms with E-state index in [1.54, 1.807) is 0 Å². The van der Waals surface area contributed by atoms with Crippen molar-refractivity contribution in [1.82, 2.24) is 5.16 Å². The molecular weight excluding hydrogens is 224 g/mol. The smallest absolute Gasteiger partial charge is 0.230 e. The first-order valence-electron chi connectivity index (χ1n) is 6.52. The normalized spacial score (nSPS) is 18.1. The fourth-order valence-corrected chi connectivity index (χ4v) is 2.99. The van der Waals surface area contributed by atoms with Crippen LogP contribution in [0.1, 0.15) is 38.3 Å². The van der Waals surface area contributed by atoms with Crippen LogP contribution in [0.2, 0.25) is 0 Å². The van der Waals surface area contributed by atoms with E-state index in [1.807, 2.05) is 18.2 Å². The highest BCUT2D eigenvalue weighted by molar-refractivity contribution is 5.76. The van der Waals surface area contributed by atoms with E-state index in [4.69, 9.17) is 10.3 Å². The SMILES string of the molecule is CC1(c2noc(N)c2-c2ccccc2)CCCC1. The molecule has 1 fully saturated rings. The molecule has 2 N–H and O–H groups in total. The van der Waals surface area contributed by atoms with E-state index >= 15 is 0 Å². The van der Waals surface area contributed by atoms with Crippen LogP contribution in [0.5, 0.6) is 0 Å². The second kappa shape index (κ2) is 4.16. The van der Waals surface area contributed by atoms with Gasteiger partial charge in [0.15, 0.2) is 0 Å². The van der Waals surface area contributed by atoms with E-state index in [9.17, 15) is 0 Å². The number of aromatic nitrogens is 1. The predicted molar refractivity (Wildman–Crippen MR) is 72.2 cm³/mol. The Morgan fingerprint density at radius 3 is 2.50 bits per heavy atom. The van der Waals surface area contributed by atoms with Gasteiger partial charge in [-0.05, 0) is 18.4 Å². The Morgan fingerprint density at radius 1 is 1.17 bits per heavy atom. The van der Waals surface area contributed by atoms with Gasteiger partial charge in [0.2, 0.25) is 5.88 Å². The quantitative estimate of drug-likeness (QED) is 0.872. The van der Waals surface area contributed by atoms with Gasteiger partial charge in [-0.25, -0.2) is 0 Å². The highest BCUT2D eigenvalue weighted by Crippen LogP contribution is 2.45. The summed E-state index contributed by atoms with van der Waals surface area (Å²) in [6.07, 6.45) is 4.85. The minimum atomic E-state index is 0.117. The van der Waals surface area contributed by atoms with Crippen molar-refractivity contribution < 1.29 is 4.52 Å². The molecule has 1 aliphatic carbocycles. The summed E-state index contributed by atoms with van der Waals surface area (Å²) in [5.74, 6) is 0.435. The van der Waals surface area contributed by atoms with E-state index < -0.39 is 0 Å². The van der Waals surface area contributed by atoms with Gasteiger partial charge in [-0.3, -0.25) is 0 Å². The molecule has 1 saturated carbocycles. The van der Waals surface area contributed by atoms with Crippen LogP contribution in [0, 0.1) is 0 Å². The van der Waals surface area contributed by atoms with Crippen LogP contribution in [0.4, 0.5) is 5.88 Å². The van der Waals surface area contributed by atoms with E-state index in [0.29, 0.717) is 5.88 Å². The average Bonchev–Trinajstić information content (AvgIpc) is 2.98. The van der Waals surface area contributed by atoms with Crippen molar-refractivity contribution in [2.45, 2.75) is 38.0 Å². The van der Waals surface area contributed by atoms with E-state index in [1.165, 1.54) is 25.7 Å². The minimum Gasteiger partial charge on any atom is -0.367 e. The van der Waals surface area contributed by atoms with Gasteiger partial charge in [-0.1, -0.05) is 55.3 Å². The van der Waals surface area contributed by atoms with Crippen molar-refractivity contribution in [2.75, 3.05) is 5.73 Å². The van der Waals surface area contributed by atoms with Crippen LogP contribution >= 0.6 is 0 Å². The van der Waals surface area contributed by atoms with E-state index in [0.717, 1.165) is 16.8 Å². The molecule has 1 heterocycles. The Labute approximate surface area is 107 Å². The lowest BCUT2D eigenvalue weighted by Crippen LogP contribution is -2.18. The van der Waals surface area contributed by atoms with Crippen molar-refractivity contribution in [3.63, 3.8) is 0 Å². The van der Waals surface area contributed by atoms with Crippen molar-refractivity contribution in [2.24, 2.45) is 0 Å². The average molecular weight is 242 g/mol. The van der Waals surface area contributed by atoms with Gasteiger partial charge in [0, 0.05) is 5.41 Å². The first-order chi connectivity index (χ1) is 8.71. The molecule has 0 unspecified atom stereocenters. The third-order valence-corrected chi connectivity index (χ3v) is 4.06. The number of nitrogens with two attached hydrogens (primary N) is 1. The van der Waals surface area contributed by atoms with Gasteiger partial charge in [-0.15, -0.1) is 0 Å². The Morgan fingerprint density at radius 2 is 1.83 bits per heavy atom. The zero-order chi connectivity index (χ0) is 12.6. The predicted octanol–water partition coefficient (Wildman–Crippen LogP) is 3.76. The first-order valence-corrected chi connectivity index (χ1v) is 6.52. The number of nitrogen functional groups attached to an aromatic ring is 1. The monoisotopic (exact) mass is 242 g/mol. The largest absolute Gasteiger partial charge is 0.367 e. The number of rotatable bonds is 2. The van der Waals surface area contributed by atoms with E-state index in [2.05, 4.69) is 24.2 Å². The zero-order valence-corrected chi connectivity index (χ0v) is 10.6. The van der Waals surface area contributed by atoms with Crippen LogP contribution < -0.4 is 5.73 Å². The van der Waals surface area contributed by atoms with Crippen LogP contribution in [0.25, 0.3) is 11.1 Å². The van der Waals surface area contributed by atoms with Crippen LogP contribution in [-0.2, 0) is 5.41 Å². The third kappa shape index (κ3) is 1.70. The van der Waals surface area contributed by atoms with Gasteiger partial charge in [0.25, 0.3) is 0 Å². The lowest BCUT2D eigenvalue weighted by molar-refractivity contribution is 0.386. The summed E-state index contributed by atoms with van der Waals surface area (Å²) < 4.78 is 5.26. The molecule has 0 bridgehead atoms. The van der Waals surface area contributed by atoms with Gasteiger partial charge in [-0.2, -0.15) is 0 Å². The second-order valence-corrected chi connectivity index (χ2v) is 5.40. The fraction of sp³-hybridized carbons (Fsp3) is 0.400. The third-order valence-electron chi connectivity index (χ3n) is 4.06. The number of hydrogen-bond donors (Lipinski definition) is 1. The lowest BCUT2D eigenvalue weighted by atomic mass is 9.81. The second-order valence-electron chi connectivity index (χ2n) is 5.40. The fourth-order valence-electron chi connectivity index (χ4n) is 2.99. The molecule has 1 aromatic heterocycles. The lowest BCUT2D eigenvalue weighted by Gasteiger charge is -2.21. The number of hydrogen-bond acceptors (Lipinski definition) is 3. The molecule has 0 saturated heterocycles. The summed E-state index contributed by atoms with van der Waals surface area (Å²) in [5.41, 5.74) is 9.20. The summed E-state index contributed by atoms with van der Waals surface area (Å²) >= 11 is 0. The summed E-state index contributed by atoms with van der Waals surface area (Å²) in [5, 5.41) is 4.25. The molecule has 2 aromatic rings. The number of benzene rings is 1. The molecule has 0 spiro atoms. The number of anilines is 1. The highest BCUT2D eigenvalue weighted by atomic mass is 16.5. The Hall–Kier alpha value is -1.77. The maximum atomic E-state index is 5.97.